The summed E-state index contributed by atoms with van der Waals surface area (Å²) in [5.41, 5.74) is 2.81. The standard InChI is InChI=1S/C21H16N4O2S/c22-14-28-19-12-10-18(11-13-19)25-21(27)20(26)24-17-8-6-16(7-9-17)23-15-4-2-1-3-5-15/h1-13,23H,(H,24,26)(H,25,27). The van der Waals surface area contributed by atoms with Gasteiger partial charge in [0.15, 0.2) is 0 Å². The molecule has 3 aromatic rings. The summed E-state index contributed by atoms with van der Waals surface area (Å²) in [5.74, 6) is -1.54. The average Bonchev–Trinajstić information content (AvgIpc) is 2.72. The van der Waals surface area contributed by atoms with Crippen LogP contribution in [-0.4, -0.2) is 11.8 Å². The van der Waals surface area contributed by atoms with Gasteiger partial charge >= 0.3 is 11.8 Å². The van der Waals surface area contributed by atoms with Crippen LogP contribution in [0.2, 0.25) is 0 Å². The number of hydrogen-bond donors (Lipinski definition) is 3. The van der Waals surface area contributed by atoms with Crippen molar-refractivity contribution in [2.24, 2.45) is 0 Å². The number of nitrogens with zero attached hydrogens (tertiary/aromatic N) is 1. The van der Waals surface area contributed by atoms with Gasteiger partial charge in [-0.25, -0.2) is 0 Å². The fourth-order valence-electron chi connectivity index (χ4n) is 2.36. The molecular formula is C21H16N4O2S. The molecule has 0 aliphatic rings. The molecule has 138 valence electrons. The number of nitrogens with one attached hydrogen (secondary N) is 3. The molecule has 0 saturated heterocycles. The summed E-state index contributed by atoms with van der Waals surface area (Å²) in [6.07, 6.45) is 0. The van der Waals surface area contributed by atoms with Crippen LogP contribution in [0.5, 0.6) is 0 Å². The molecular weight excluding hydrogens is 372 g/mol. The van der Waals surface area contributed by atoms with Crippen molar-refractivity contribution in [2.75, 3.05) is 16.0 Å². The lowest BCUT2D eigenvalue weighted by Crippen LogP contribution is -2.29. The van der Waals surface area contributed by atoms with E-state index in [2.05, 4.69) is 16.0 Å². The van der Waals surface area contributed by atoms with Crippen LogP contribution in [0.1, 0.15) is 0 Å². The fourth-order valence-corrected chi connectivity index (χ4v) is 2.74. The van der Waals surface area contributed by atoms with Crippen LogP contribution in [0.25, 0.3) is 0 Å². The van der Waals surface area contributed by atoms with Crippen molar-refractivity contribution in [1.29, 1.82) is 5.26 Å². The highest BCUT2D eigenvalue weighted by Gasteiger charge is 2.14. The van der Waals surface area contributed by atoms with Crippen LogP contribution in [0.4, 0.5) is 22.7 Å². The van der Waals surface area contributed by atoms with Gasteiger partial charge < -0.3 is 16.0 Å². The van der Waals surface area contributed by atoms with Crippen LogP contribution >= 0.6 is 11.8 Å². The Labute approximate surface area is 166 Å². The van der Waals surface area contributed by atoms with Crippen LogP contribution in [0.15, 0.2) is 83.8 Å². The summed E-state index contributed by atoms with van der Waals surface area (Å²) in [4.78, 5) is 24.9. The van der Waals surface area contributed by atoms with Gasteiger partial charge in [0.1, 0.15) is 5.40 Å². The van der Waals surface area contributed by atoms with Gasteiger partial charge in [-0.3, -0.25) is 9.59 Å². The van der Waals surface area contributed by atoms with E-state index in [1.54, 1.807) is 36.4 Å². The van der Waals surface area contributed by atoms with E-state index in [-0.39, 0.29) is 0 Å². The molecule has 7 heteroatoms. The smallest absolute Gasteiger partial charge is 0.314 e. The molecule has 3 N–H and O–H groups in total. The van der Waals surface area contributed by atoms with Crippen LogP contribution in [0.3, 0.4) is 0 Å². The first-order valence-electron chi connectivity index (χ1n) is 8.34. The second-order valence-electron chi connectivity index (χ2n) is 5.69. The summed E-state index contributed by atoms with van der Waals surface area (Å²) in [6.45, 7) is 0. The van der Waals surface area contributed by atoms with Gasteiger partial charge in [0.25, 0.3) is 0 Å². The van der Waals surface area contributed by atoms with Crippen molar-refractivity contribution in [1.82, 2.24) is 0 Å². The van der Waals surface area contributed by atoms with Gasteiger partial charge in [-0.15, -0.1) is 0 Å². The molecule has 3 rings (SSSR count). The second-order valence-corrected chi connectivity index (χ2v) is 6.55. The van der Waals surface area contributed by atoms with Crippen molar-refractivity contribution < 1.29 is 9.59 Å². The third kappa shape index (κ3) is 5.37. The first-order chi connectivity index (χ1) is 13.6. The third-order valence-corrected chi connectivity index (χ3v) is 4.29. The van der Waals surface area contributed by atoms with Crippen molar-refractivity contribution >= 4 is 46.3 Å². The van der Waals surface area contributed by atoms with E-state index in [0.29, 0.717) is 11.4 Å². The zero-order valence-corrected chi connectivity index (χ0v) is 15.5. The minimum atomic E-state index is -0.771. The molecule has 0 aromatic heterocycles. The first-order valence-corrected chi connectivity index (χ1v) is 9.16. The first kappa shape index (κ1) is 19.0. The molecule has 28 heavy (non-hydrogen) atoms. The van der Waals surface area contributed by atoms with Crippen molar-refractivity contribution in [3.8, 4) is 5.40 Å². The summed E-state index contributed by atoms with van der Waals surface area (Å²) >= 11 is 1.02. The normalized spacial score (nSPS) is 9.82. The summed E-state index contributed by atoms with van der Waals surface area (Å²) in [5, 5.41) is 18.9. The lowest BCUT2D eigenvalue weighted by atomic mass is 10.2. The molecule has 0 aliphatic carbocycles. The largest absolute Gasteiger partial charge is 0.356 e. The van der Waals surface area contributed by atoms with E-state index in [9.17, 15) is 9.59 Å². The number of thiocyanates is 1. The molecule has 0 radical (unpaired) electrons. The van der Waals surface area contributed by atoms with E-state index < -0.39 is 11.8 Å². The van der Waals surface area contributed by atoms with Crippen LogP contribution < -0.4 is 16.0 Å². The monoisotopic (exact) mass is 388 g/mol. The molecule has 0 fully saturated rings. The molecule has 0 heterocycles. The lowest BCUT2D eigenvalue weighted by Gasteiger charge is -2.09. The van der Waals surface area contributed by atoms with E-state index in [4.69, 9.17) is 5.26 Å². The van der Waals surface area contributed by atoms with Gasteiger partial charge in [0.2, 0.25) is 0 Å². The SMILES string of the molecule is N#CSc1ccc(NC(=O)C(=O)Nc2ccc(Nc3ccccc3)cc2)cc1. The zero-order valence-electron chi connectivity index (χ0n) is 14.7. The van der Waals surface area contributed by atoms with Gasteiger partial charge in [-0.05, 0) is 72.4 Å². The molecule has 0 spiro atoms. The molecule has 0 atom stereocenters. The number of anilines is 4. The van der Waals surface area contributed by atoms with E-state index in [1.807, 2.05) is 47.9 Å². The molecule has 2 amide bonds. The van der Waals surface area contributed by atoms with Gasteiger partial charge in [-0.1, -0.05) is 18.2 Å². The molecule has 0 aliphatic heterocycles. The minimum Gasteiger partial charge on any atom is -0.356 e. The van der Waals surface area contributed by atoms with E-state index in [0.717, 1.165) is 28.0 Å². The number of carbonyl (C=O) groups excluding carboxylic acids is 2. The number of para-hydroxylation sites is 1. The Morgan fingerprint density at radius 1 is 0.679 bits per heavy atom. The van der Waals surface area contributed by atoms with Gasteiger partial charge in [0.05, 0.1) is 0 Å². The average molecular weight is 388 g/mol. The maximum atomic E-state index is 12.1. The summed E-state index contributed by atoms with van der Waals surface area (Å²) < 4.78 is 0. The number of amides is 2. The molecule has 0 saturated carbocycles. The summed E-state index contributed by atoms with van der Waals surface area (Å²) in [6, 6.07) is 23.4. The predicted octanol–water partition coefficient (Wildman–Crippen LogP) is 4.58. The fraction of sp³-hybridized carbons (Fsp3) is 0. The van der Waals surface area contributed by atoms with Gasteiger partial charge in [-0.2, -0.15) is 5.26 Å². The molecule has 6 nitrogen and oxygen atoms in total. The lowest BCUT2D eigenvalue weighted by molar-refractivity contribution is -0.132. The van der Waals surface area contributed by atoms with E-state index in [1.165, 1.54) is 0 Å². The van der Waals surface area contributed by atoms with Crippen molar-refractivity contribution in [2.45, 2.75) is 4.90 Å². The predicted molar refractivity (Wildman–Crippen MR) is 111 cm³/mol. The highest BCUT2D eigenvalue weighted by atomic mass is 32.2. The molecule has 0 bridgehead atoms. The quantitative estimate of drug-likeness (QED) is 0.338. The number of hydrogen-bond acceptors (Lipinski definition) is 5. The Bertz CT molecular complexity index is 997. The zero-order chi connectivity index (χ0) is 19.8. The number of rotatable bonds is 5. The number of carbonyl (C=O) groups is 2. The number of nitriles is 1. The second kappa shape index (κ2) is 9.26. The van der Waals surface area contributed by atoms with E-state index >= 15 is 0 Å². The third-order valence-electron chi connectivity index (χ3n) is 3.69. The highest BCUT2D eigenvalue weighted by Crippen LogP contribution is 2.20. The van der Waals surface area contributed by atoms with Crippen molar-refractivity contribution in [3.63, 3.8) is 0 Å². The topological polar surface area (TPSA) is 94.0 Å². The highest BCUT2D eigenvalue weighted by molar-refractivity contribution is 8.03. The van der Waals surface area contributed by atoms with Crippen LogP contribution in [-0.2, 0) is 9.59 Å². The number of benzene rings is 3. The Morgan fingerprint density at radius 2 is 1.14 bits per heavy atom. The Hall–Kier alpha value is -3.76. The Balaban J connectivity index is 1.55. The van der Waals surface area contributed by atoms with Crippen molar-refractivity contribution in [3.05, 3.63) is 78.9 Å². The molecule has 0 unspecified atom stereocenters. The van der Waals surface area contributed by atoms with Crippen LogP contribution in [0, 0.1) is 10.7 Å². The summed E-state index contributed by atoms with van der Waals surface area (Å²) in [7, 11) is 0. The Kier molecular flexibility index (Phi) is 6.29. The van der Waals surface area contributed by atoms with Gasteiger partial charge in [0, 0.05) is 27.6 Å². The minimum absolute atomic E-state index is 0.477. The maximum absolute atomic E-state index is 12.1. The molecule has 3 aromatic carbocycles. The Morgan fingerprint density at radius 3 is 1.68 bits per heavy atom. The number of thioether (sulfide) groups is 1. The maximum Gasteiger partial charge on any atom is 0.314 e.